The Morgan fingerprint density at radius 1 is 1.12 bits per heavy atom. The van der Waals surface area contributed by atoms with Gasteiger partial charge in [-0.3, -0.25) is 0 Å². The summed E-state index contributed by atoms with van der Waals surface area (Å²) in [5, 5.41) is 0. The number of hydrogen-bond acceptors (Lipinski definition) is 3. The molecular weight excluding hydrogens is 223 g/mol. The van der Waals surface area contributed by atoms with Gasteiger partial charge in [-0.1, -0.05) is 0 Å². The van der Waals surface area contributed by atoms with Gasteiger partial charge in [-0.05, 0) is 19.3 Å². The van der Waals surface area contributed by atoms with Crippen LogP contribution in [0, 0.1) is 0 Å². The van der Waals surface area contributed by atoms with Gasteiger partial charge >= 0.3 is 6.18 Å². The Hall–Kier alpha value is -0.330. The van der Waals surface area contributed by atoms with E-state index >= 15 is 0 Å². The van der Waals surface area contributed by atoms with Crippen molar-refractivity contribution in [3.8, 4) is 0 Å². The lowest BCUT2D eigenvalue weighted by Gasteiger charge is -2.12. The predicted octanol–water partition coefficient (Wildman–Crippen LogP) is 2.10. The molecule has 0 rings (SSSR count). The molecule has 16 heavy (non-hydrogen) atoms. The van der Waals surface area contributed by atoms with Crippen molar-refractivity contribution >= 4 is 0 Å². The lowest BCUT2D eigenvalue weighted by atomic mass is 10.1. The van der Waals surface area contributed by atoms with Crippen LogP contribution in [0.25, 0.3) is 0 Å². The number of halogens is 3. The molecule has 0 radical (unpaired) electrons. The van der Waals surface area contributed by atoms with Gasteiger partial charge in [-0.15, -0.1) is 0 Å². The van der Waals surface area contributed by atoms with Crippen molar-refractivity contribution < 1.29 is 22.6 Å². The zero-order valence-electron chi connectivity index (χ0n) is 9.55. The standard InChI is InChI=1S/C10H20F3NO2/c1-15-7-8-16-6-4-9(14)3-2-5-10(11,12)13/h9H,2-8,14H2,1H3. The highest BCUT2D eigenvalue weighted by molar-refractivity contribution is 4.62. The van der Waals surface area contributed by atoms with Gasteiger partial charge < -0.3 is 15.2 Å². The van der Waals surface area contributed by atoms with Crippen LogP contribution in [0.4, 0.5) is 13.2 Å². The molecule has 3 nitrogen and oxygen atoms in total. The van der Waals surface area contributed by atoms with Crippen LogP contribution in [0.3, 0.4) is 0 Å². The molecule has 0 aliphatic rings. The predicted molar refractivity (Wildman–Crippen MR) is 55.2 cm³/mol. The molecule has 0 fully saturated rings. The van der Waals surface area contributed by atoms with E-state index in [-0.39, 0.29) is 12.5 Å². The number of nitrogens with two attached hydrogens (primary N) is 1. The number of alkyl halides is 3. The van der Waals surface area contributed by atoms with E-state index in [1.165, 1.54) is 0 Å². The average molecular weight is 243 g/mol. The lowest BCUT2D eigenvalue weighted by Crippen LogP contribution is -2.23. The summed E-state index contributed by atoms with van der Waals surface area (Å²) < 4.78 is 45.4. The summed E-state index contributed by atoms with van der Waals surface area (Å²) in [4.78, 5) is 0. The second-order valence-electron chi connectivity index (χ2n) is 3.66. The molecule has 0 heterocycles. The molecule has 0 saturated carbocycles. The fraction of sp³-hybridized carbons (Fsp3) is 1.00. The third-order valence-corrected chi connectivity index (χ3v) is 2.10. The van der Waals surface area contributed by atoms with E-state index in [4.69, 9.17) is 15.2 Å². The van der Waals surface area contributed by atoms with Gasteiger partial charge in [-0.2, -0.15) is 13.2 Å². The molecule has 0 amide bonds. The molecule has 0 aromatic heterocycles. The van der Waals surface area contributed by atoms with Gasteiger partial charge in [-0.25, -0.2) is 0 Å². The first-order valence-electron chi connectivity index (χ1n) is 5.34. The van der Waals surface area contributed by atoms with Crippen molar-refractivity contribution in [1.82, 2.24) is 0 Å². The highest BCUT2D eigenvalue weighted by Gasteiger charge is 2.26. The van der Waals surface area contributed by atoms with Crippen LogP contribution >= 0.6 is 0 Å². The van der Waals surface area contributed by atoms with E-state index in [1.54, 1.807) is 7.11 Å². The molecule has 0 aromatic carbocycles. The summed E-state index contributed by atoms with van der Waals surface area (Å²) in [5.74, 6) is 0. The molecule has 0 aliphatic heterocycles. The Labute approximate surface area is 94.1 Å². The first kappa shape index (κ1) is 15.7. The van der Waals surface area contributed by atoms with Crippen molar-refractivity contribution in [1.29, 1.82) is 0 Å². The normalized spacial score (nSPS) is 14.1. The van der Waals surface area contributed by atoms with Crippen molar-refractivity contribution in [2.24, 2.45) is 5.73 Å². The largest absolute Gasteiger partial charge is 0.389 e. The number of ether oxygens (including phenoxy) is 2. The summed E-state index contributed by atoms with van der Waals surface area (Å²) in [6, 6.07) is -0.218. The maximum Gasteiger partial charge on any atom is 0.389 e. The first-order valence-corrected chi connectivity index (χ1v) is 5.34. The quantitative estimate of drug-likeness (QED) is 0.631. The first-order chi connectivity index (χ1) is 7.45. The zero-order chi connectivity index (χ0) is 12.4. The van der Waals surface area contributed by atoms with Crippen molar-refractivity contribution in [2.75, 3.05) is 26.9 Å². The smallest absolute Gasteiger partial charge is 0.382 e. The summed E-state index contributed by atoms with van der Waals surface area (Å²) in [6.45, 7) is 1.48. The fourth-order valence-electron chi connectivity index (χ4n) is 1.19. The van der Waals surface area contributed by atoms with E-state index in [9.17, 15) is 13.2 Å². The van der Waals surface area contributed by atoms with Crippen molar-refractivity contribution in [2.45, 2.75) is 37.9 Å². The van der Waals surface area contributed by atoms with Gasteiger partial charge in [0.25, 0.3) is 0 Å². The molecule has 0 aromatic rings. The van der Waals surface area contributed by atoms with E-state index in [0.29, 0.717) is 32.7 Å². The van der Waals surface area contributed by atoms with Crippen LogP contribution in [-0.4, -0.2) is 39.1 Å². The molecule has 98 valence electrons. The van der Waals surface area contributed by atoms with Crippen LogP contribution in [0.15, 0.2) is 0 Å². The summed E-state index contributed by atoms with van der Waals surface area (Å²) in [5.41, 5.74) is 5.64. The third-order valence-electron chi connectivity index (χ3n) is 2.10. The summed E-state index contributed by atoms with van der Waals surface area (Å²) in [7, 11) is 1.58. The zero-order valence-corrected chi connectivity index (χ0v) is 9.55. The van der Waals surface area contributed by atoms with E-state index in [1.807, 2.05) is 0 Å². The minimum Gasteiger partial charge on any atom is -0.382 e. The Morgan fingerprint density at radius 3 is 2.38 bits per heavy atom. The maximum atomic E-state index is 11.8. The Balaban J connectivity index is 3.28. The number of rotatable bonds is 9. The topological polar surface area (TPSA) is 44.5 Å². The van der Waals surface area contributed by atoms with Crippen LogP contribution in [-0.2, 0) is 9.47 Å². The van der Waals surface area contributed by atoms with E-state index < -0.39 is 12.6 Å². The molecule has 2 N–H and O–H groups in total. The Kier molecular flexibility index (Phi) is 8.60. The number of hydrogen-bond donors (Lipinski definition) is 1. The van der Waals surface area contributed by atoms with Crippen LogP contribution in [0.5, 0.6) is 0 Å². The second-order valence-corrected chi connectivity index (χ2v) is 3.66. The molecule has 0 aliphatic carbocycles. The Morgan fingerprint density at radius 2 is 1.81 bits per heavy atom. The molecule has 0 bridgehead atoms. The molecule has 1 atom stereocenters. The van der Waals surface area contributed by atoms with Gasteiger partial charge in [0, 0.05) is 26.2 Å². The Bertz CT molecular complexity index is 165. The van der Waals surface area contributed by atoms with Gasteiger partial charge in [0.1, 0.15) is 0 Å². The third kappa shape index (κ3) is 11.7. The van der Waals surface area contributed by atoms with Crippen LogP contribution in [0.1, 0.15) is 25.7 Å². The monoisotopic (exact) mass is 243 g/mol. The molecule has 0 spiro atoms. The van der Waals surface area contributed by atoms with E-state index in [2.05, 4.69) is 0 Å². The minimum absolute atomic E-state index is 0.0860. The number of methoxy groups -OCH3 is 1. The van der Waals surface area contributed by atoms with Crippen molar-refractivity contribution in [3.05, 3.63) is 0 Å². The SMILES string of the molecule is COCCOCCC(N)CCCC(F)(F)F. The van der Waals surface area contributed by atoms with Crippen LogP contribution in [0.2, 0.25) is 0 Å². The van der Waals surface area contributed by atoms with E-state index in [0.717, 1.165) is 0 Å². The fourth-order valence-corrected chi connectivity index (χ4v) is 1.19. The van der Waals surface area contributed by atoms with Gasteiger partial charge in [0.05, 0.1) is 13.2 Å². The minimum atomic E-state index is -4.07. The van der Waals surface area contributed by atoms with Gasteiger partial charge in [0.2, 0.25) is 0 Å². The maximum absolute atomic E-state index is 11.8. The van der Waals surface area contributed by atoms with Crippen LogP contribution < -0.4 is 5.73 Å². The highest BCUT2D eigenvalue weighted by atomic mass is 19.4. The lowest BCUT2D eigenvalue weighted by molar-refractivity contribution is -0.135. The summed E-state index contributed by atoms with van der Waals surface area (Å²) >= 11 is 0. The van der Waals surface area contributed by atoms with Gasteiger partial charge in [0.15, 0.2) is 0 Å². The average Bonchev–Trinajstić information content (AvgIpc) is 2.15. The second kappa shape index (κ2) is 8.78. The molecule has 1 unspecified atom stereocenters. The molecule has 6 heteroatoms. The molecular formula is C10H20F3NO2. The summed E-state index contributed by atoms with van der Waals surface area (Å²) in [6.07, 6.45) is -3.78. The molecule has 0 saturated heterocycles. The van der Waals surface area contributed by atoms with Crippen molar-refractivity contribution in [3.63, 3.8) is 0 Å². The highest BCUT2D eigenvalue weighted by Crippen LogP contribution is 2.22.